The third-order valence-electron chi connectivity index (χ3n) is 2.13. The lowest BCUT2D eigenvalue weighted by atomic mass is 10.1. The Balaban J connectivity index is 0.000000980. The predicted molar refractivity (Wildman–Crippen MR) is 61.5 cm³/mol. The van der Waals surface area contributed by atoms with Crippen molar-refractivity contribution in [3.63, 3.8) is 0 Å². The predicted octanol–water partition coefficient (Wildman–Crippen LogP) is 3.09. The van der Waals surface area contributed by atoms with Gasteiger partial charge < -0.3 is 5.48 Å². The van der Waals surface area contributed by atoms with Gasteiger partial charge in [-0.2, -0.15) is 0 Å². The summed E-state index contributed by atoms with van der Waals surface area (Å²) >= 11 is 1.39. The van der Waals surface area contributed by atoms with E-state index >= 15 is 0 Å². The van der Waals surface area contributed by atoms with Gasteiger partial charge in [0.1, 0.15) is 10.3 Å². The van der Waals surface area contributed by atoms with Crippen LogP contribution in [0, 0.1) is 0 Å². The zero-order valence-corrected chi connectivity index (χ0v) is 8.82. The van der Waals surface area contributed by atoms with Crippen molar-refractivity contribution in [2.75, 3.05) is 0 Å². The van der Waals surface area contributed by atoms with Crippen LogP contribution in [0.2, 0.25) is 0 Å². The summed E-state index contributed by atoms with van der Waals surface area (Å²) < 4.78 is 0. The average Bonchev–Trinajstić information content (AvgIpc) is 2.69. The maximum Gasteiger partial charge on any atom is 0.148 e. The molecule has 0 spiro atoms. The highest BCUT2D eigenvalue weighted by atomic mass is 32.1. The number of rotatable bonds is 3. The quantitative estimate of drug-likeness (QED) is 0.710. The molecule has 1 heterocycles. The highest BCUT2D eigenvalue weighted by molar-refractivity contribution is 7.09. The highest BCUT2D eigenvalue weighted by Crippen LogP contribution is 2.12. The van der Waals surface area contributed by atoms with E-state index in [9.17, 15) is 0 Å². The monoisotopic (exact) mass is 206 g/mol. The van der Waals surface area contributed by atoms with Crippen molar-refractivity contribution < 1.29 is 5.48 Å². The van der Waals surface area contributed by atoms with Crippen LogP contribution >= 0.6 is 11.3 Å². The van der Waals surface area contributed by atoms with Gasteiger partial charge in [0.15, 0.2) is 0 Å². The van der Waals surface area contributed by atoms with Gasteiger partial charge in [0.05, 0.1) is 0 Å². The van der Waals surface area contributed by atoms with E-state index in [1.54, 1.807) is 0 Å². The maximum atomic E-state index is 2.23. The summed E-state index contributed by atoms with van der Waals surface area (Å²) in [6.45, 7) is 0. The molecule has 1 aromatic heterocycles. The van der Waals surface area contributed by atoms with Crippen LogP contribution in [0.5, 0.6) is 0 Å². The first kappa shape index (κ1) is 11.0. The molecule has 0 radical (unpaired) electrons. The molecule has 0 unspecified atom stereocenters. The molecule has 0 aliphatic heterocycles. The number of benzene rings is 1. The van der Waals surface area contributed by atoms with E-state index in [-0.39, 0.29) is 5.48 Å². The maximum absolute atomic E-state index is 2.23. The SMILES string of the molecule is [OH-].c1ccc(CCc2ccc[sH+]2)cc1. The van der Waals surface area contributed by atoms with Gasteiger partial charge in [-0.1, -0.05) is 30.3 Å². The highest BCUT2D eigenvalue weighted by Gasteiger charge is 2.00. The Kier molecular flexibility index (Phi) is 4.36. The van der Waals surface area contributed by atoms with Crippen LogP contribution in [0.15, 0.2) is 47.8 Å². The van der Waals surface area contributed by atoms with Gasteiger partial charge in [0, 0.05) is 6.42 Å². The fourth-order valence-electron chi connectivity index (χ4n) is 1.40. The second-order valence-corrected chi connectivity index (χ2v) is 4.24. The lowest BCUT2D eigenvalue weighted by Gasteiger charge is -1.95. The second-order valence-electron chi connectivity index (χ2n) is 3.11. The van der Waals surface area contributed by atoms with E-state index in [1.807, 2.05) is 0 Å². The second kappa shape index (κ2) is 5.58. The van der Waals surface area contributed by atoms with Crippen molar-refractivity contribution >= 4 is 11.3 Å². The fraction of sp³-hybridized carbons (Fsp3) is 0.167. The summed E-state index contributed by atoms with van der Waals surface area (Å²) in [5.74, 6) is 0. The number of hydrogen-bond acceptors (Lipinski definition) is 1. The third-order valence-corrected chi connectivity index (χ3v) is 3.15. The van der Waals surface area contributed by atoms with Crippen LogP contribution in [0.4, 0.5) is 0 Å². The van der Waals surface area contributed by atoms with E-state index in [2.05, 4.69) is 47.8 Å². The molecule has 2 rings (SSSR count). The first-order valence-corrected chi connectivity index (χ1v) is 5.52. The summed E-state index contributed by atoms with van der Waals surface area (Å²) in [5, 5.41) is 2.19. The van der Waals surface area contributed by atoms with Gasteiger partial charge in [0.25, 0.3) is 0 Å². The topological polar surface area (TPSA) is 30.0 Å². The normalized spacial score (nSPS) is 9.43. The molecule has 1 aromatic carbocycles. The zero-order valence-electron chi connectivity index (χ0n) is 7.93. The summed E-state index contributed by atoms with van der Waals surface area (Å²) in [5.41, 5.74) is 1.44. The van der Waals surface area contributed by atoms with Crippen molar-refractivity contribution in [2.45, 2.75) is 12.8 Å². The molecule has 0 saturated heterocycles. The molecule has 0 aliphatic carbocycles. The molecule has 0 atom stereocenters. The number of aryl methyl sites for hydroxylation is 2. The molecular formula is C12H14OS. The smallest absolute Gasteiger partial charge is 0.148 e. The van der Waals surface area contributed by atoms with E-state index in [4.69, 9.17) is 0 Å². The Hall–Kier alpha value is -1.12. The van der Waals surface area contributed by atoms with Crippen LogP contribution in [0.1, 0.15) is 10.4 Å². The van der Waals surface area contributed by atoms with Gasteiger partial charge >= 0.3 is 0 Å². The molecule has 2 aromatic rings. The van der Waals surface area contributed by atoms with Gasteiger partial charge in [0.2, 0.25) is 0 Å². The summed E-state index contributed by atoms with van der Waals surface area (Å²) in [6.07, 6.45) is 2.36. The molecule has 0 fully saturated rings. The molecule has 74 valence electrons. The van der Waals surface area contributed by atoms with Crippen molar-refractivity contribution in [3.05, 3.63) is 58.3 Å². The molecule has 0 saturated carbocycles. The van der Waals surface area contributed by atoms with Crippen molar-refractivity contribution in [1.82, 2.24) is 0 Å². The molecular weight excluding hydrogens is 192 g/mol. The number of thiophene rings is 1. The van der Waals surface area contributed by atoms with Gasteiger partial charge in [-0.3, -0.25) is 0 Å². The van der Waals surface area contributed by atoms with Crippen LogP contribution in [0.3, 0.4) is 0 Å². The summed E-state index contributed by atoms with van der Waals surface area (Å²) in [4.78, 5) is 1.53. The molecule has 0 aliphatic rings. The summed E-state index contributed by atoms with van der Waals surface area (Å²) in [7, 11) is 0. The van der Waals surface area contributed by atoms with E-state index in [0.717, 1.165) is 0 Å². The van der Waals surface area contributed by atoms with Crippen LogP contribution < -0.4 is 0 Å². The average molecular weight is 206 g/mol. The molecule has 1 nitrogen and oxygen atoms in total. The van der Waals surface area contributed by atoms with Crippen molar-refractivity contribution in [2.24, 2.45) is 0 Å². The van der Waals surface area contributed by atoms with Crippen LogP contribution in [-0.2, 0) is 12.8 Å². The Morgan fingerprint density at radius 3 is 2.29 bits per heavy atom. The Morgan fingerprint density at radius 2 is 1.64 bits per heavy atom. The zero-order chi connectivity index (χ0) is 8.93. The van der Waals surface area contributed by atoms with Gasteiger partial charge in [-0.15, -0.1) is 0 Å². The Labute approximate surface area is 88.3 Å². The Bertz CT molecular complexity index is 340. The van der Waals surface area contributed by atoms with Crippen molar-refractivity contribution in [1.29, 1.82) is 0 Å². The fourth-order valence-corrected chi connectivity index (χ4v) is 2.18. The standard InChI is InChI=1S/C12H12S.H2O/c1-2-5-11(6-3-1)8-9-12-7-4-10-13-12;/h1-7,10H,8-9H2;1H2. The summed E-state index contributed by atoms with van der Waals surface area (Å²) in [6, 6.07) is 15.0. The lowest BCUT2D eigenvalue weighted by Crippen LogP contribution is -1.87. The molecule has 0 bridgehead atoms. The minimum absolute atomic E-state index is 0. The van der Waals surface area contributed by atoms with Crippen LogP contribution in [-0.4, -0.2) is 5.48 Å². The minimum atomic E-state index is 0. The lowest BCUT2D eigenvalue weighted by molar-refractivity contribution is 0.824. The molecule has 0 amide bonds. The largest absolute Gasteiger partial charge is 0.870 e. The molecule has 2 heteroatoms. The molecule has 1 N–H and O–H groups in total. The first-order chi connectivity index (χ1) is 6.45. The number of hydrogen-bond donors (Lipinski definition) is 0. The Morgan fingerprint density at radius 1 is 0.857 bits per heavy atom. The van der Waals surface area contributed by atoms with Crippen molar-refractivity contribution in [3.8, 4) is 0 Å². The first-order valence-electron chi connectivity index (χ1n) is 4.55. The minimum Gasteiger partial charge on any atom is -0.870 e. The van der Waals surface area contributed by atoms with E-state index < -0.39 is 0 Å². The van der Waals surface area contributed by atoms with E-state index in [0.29, 0.717) is 0 Å². The third kappa shape index (κ3) is 2.98. The van der Waals surface area contributed by atoms with E-state index in [1.165, 1.54) is 34.6 Å². The molecule has 14 heavy (non-hydrogen) atoms. The van der Waals surface area contributed by atoms with Crippen LogP contribution in [0.25, 0.3) is 0 Å². The van der Waals surface area contributed by atoms with Gasteiger partial charge in [-0.05, 0) is 35.5 Å². The van der Waals surface area contributed by atoms with Gasteiger partial charge in [-0.25, -0.2) is 0 Å².